The zero-order valence-corrected chi connectivity index (χ0v) is 19.5. The van der Waals surface area contributed by atoms with Crippen LogP contribution in [0, 0.1) is 6.92 Å². The van der Waals surface area contributed by atoms with Crippen molar-refractivity contribution in [3.8, 4) is 0 Å². The third kappa shape index (κ3) is 4.65. The number of aryl methyl sites for hydroxylation is 1. The molecule has 32 heavy (non-hydrogen) atoms. The molecule has 0 unspecified atom stereocenters. The van der Waals surface area contributed by atoms with Gasteiger partial charge < -0.3 is 9.32 Å². The molecule has 2 heterocycles. The highest BCUT2D eigenvalue weighted by Crippen LogP contribution is 2.30. The van der Waals surface area contributed by atoms with Crippen LogP contribution in [0.2, 0.25) is 0 Å². The maximum atomic E-state index is 13.1. The second-order valence-corrected chi connectivity index (χ2v) is 8.66. The first-order valence-corrected chi connectivity index (χ1v) is 11.1. The summed E-state index contributed by atoms with van der Waals surface area (Å²) in [6, 6.07) is 11.5. The van der Waals surface area contributed by atoms with Crippen molar-refractivity contribution in [3.05, 3.63) is 87.0 Å². The Balaban J connectivity index is 1.55. The van der Waals surface area contributed by atoms with Gasteiger partial charge in [0.2, 0.25) is 0 Å². The number of furan rings is 1. The first-order chi connectivity index (χ1) is 15.4. The molecule has 1 aliphatic carbocycles. The number of fused-ring (bicyclic) bond motifs is 1. The predicted octanol–water partition coefficient (Wildman–Crippen LogP) is 4.49. The van der Waals surface area contributed by atoms with Crippen LogP contribution in [0.25, 0.3) is 0 Å². The second-order valence-electron chi connectivity index (χ2n) is 7.75. The topological polar surface area (TPSA) is 87.8 Å². The molecular weight excluding hydrogens is 472 g/mol. The van der Waals surface area contributed by atoms with E-state index in [1.165, 1.54) is 6.20 Å². The van der Waals surface area contributed by atoms with Gasteiger partial charge in [0.25, 0.3) is 11.8 Å². The first-order valence-electron chi connectivity index (χ1n) is 10.3. The molecule has 2 amide bonds. The lowest BCUT2D eigenvalue weighted by atomic mass is 9.93. The van der Waals surface area contributed by atoms with Crippen molar-refractivity contribution >= 4 is 33.5 Å². The van der Waals surface area contributed by atoms with E-state index in [4.69, 9.17) is 4.42 Å². The number of nitrogens with one attached hydrogen (secondary N) is 1. The van der Waals surface area contributed by atoms with Gasteiger partial charge >= 0.3 is 0 Å². The normalized spacial score (nSPS) is 14.2. The van der Waals surface area contributed by atoms with Crippen molar-refractivity contribution in [2.24, 2.45) is 5.10 Å². The SMILES string of the molecule is Cc1c(C(=O)N(C)Cc2ccccc2)oc2c1/C(=N/NC(=O)c1cncc(Br)c1)CCC2. The lowest BCUT2D eigenvalue weighted by molar-refractivity contribution is 0.0750. The third-order valence-corrected chi connectivity index (χ3v) is 5.82. The molecule has 0 saturated heterocycles. The van der Waals surface area contributed by atoms with Gasteiger partial charge in [0.1, 0.15) is 5.76 Å². The quantitative estimate of drug-likeness (QED) is 0.529. The van der Waals surface area contributed by atoms with Crippen LogP contribution in [0.4, 0.5) is 0 Å². The summed E-state index contributed by atoms with van der Waals surface area (Å²) in [6.07, 6.45) is 5.35. The molecule has 164 valence electrons. The van der Waals surface area contributed by atoms with E-state index in [1.54, 1.807) is 24.2 Å². The Morgan fingerprint density at radius 2 is 2.00 bits per heavy atom. The summed E-state index contributed by atoms with van der Waals surface area (Å²) < 4.78 is 6.71. The van der Waals surface area contributed by atoms with Crippen LogP contribution in [-0.2, 0) is 13.0 Å². The standard InChI is InChI=1S/C24H23BrN4O3/c1-15-21-19(27-28-23(30)17-11-18(25)13-26-12-17)9-6-10-20(21)32-22(15)24(31)29(2)14-16-7-4-3-5-8-16/h3-5,7-8,11-13H,6,9-10,14H2,1-2H3,(H,28,30)/b27-19+. The molecule has 1 N–H and O–H groups in total. The summed E-state index contributed by atoms with van der Waals surface area (Å²) in [4.78, 5) is 31.2. The molecule has 2 aromatic heterocycles. The van der Waals surface area contributed by atoms with E-state index in [-0.39, 0.29) is 11.8 Å². The molecule has 1 aromatic carbocycles. The Hall–Kier alpha value is -3.26. The minimum absolute atomic E-state index is 0.177. The maximum absolute atomic E-state index is 13.1. The fourth-order valence-electron chi connectivity index (χ4n) is 3.81. The molecule has 8 heteroatoms. The molecule has 4 rings (SSSR count). The minimum atomic E-state index is -0.349. The van der Waals surface area contributed by atoms with Crippen LogP contribution in [0.3, 0.4) is 0 Å². The Kier molecular flexibility index (Phi) is 6.50. The molecule has 7 nitrogen and oxygen atoms in total. The van der Waals surface area contributed by atoms with Gasteiger partial charge in [0.05, 0.1) is 11.3 Å². The summed E-state index contributed by atoms with van der Waals surface area (Å²) >= 11 is 3.31. The largest absolute Gasteiger partial charge is 0.455 e. The maximum Gasteiger partial charge on any atom is 0.289 e. The van der Waals surface area contributed by atoms with Crippen LogP contribution >= 0.6 is 15.9 Å². The fraction of sp³-hybridized carbons (Fsp3) is 0.250. The minimum Gasteiger partial charge on any atom is -0.455 e. The molecule has 0 saturated carbocycles. The number of benzene rings is 1. The summed E-state index contributed by atoms with van der Waals surface area (Å²) in [5, 5.41) is 4.37. The van der Waals surface area contributed by atoms with Crippen molar-refractivity contribution in [1.29, 1.82) is 0 Å². The average Bonchev–Trinajstić information content (AvgIpc) is 3.14. The van der Waals surface area contributed by atoms with E-state index in [2.05, 4.69) is 31.4 Å². The molecule has 0 fully saturated rings. The molecular formula is C24H23BrN4O3. The Labute approximate surface area is 194 Å². The Morgan fingerprint density at radius 3 is 2.75 bits per heavy atom. The van der Waals surface area contributed by atoms with Crippen molar-refractivity contribution < 1.29 is 14.0 Å². The molecule has 0 radical (unpaired) electrons. The van der Waals surface area contributed by atoms with Crippen molar-refractivity contribution in [1.82, 2.24) is 15.3 Å². The zero-order valence-electron chi connectivity index (χ0n) is 17.9. The highest BCUT2D eigenvalue weighted by atomic mass is 79.9. The van der Waals surface area contributed by atoms with Gasteiger partial charge in [-0.3, -0.25) is 14.6 Å². The van der Waals surface area contributed by atoms with Gasteiger partial charge in [-0.05, 0) is 47.3 Å². The van der Waals surface area contributed by atoms with Gasteiger partial charge in [-0.15, -0.1) is 0 Å². The summed E-state index contributed by atoms with van der Waals surface area (Å²) in [6.45, 7) is 2.36. The fourth-order valence-corrected chi connectivity index (χ4v) is 4.17. The number of nitrogens with zero attached hydrogens (tertiary/aromatic N) is 3. The van der Waals surface area contributed by atoms with Crippen molar-refractivity contribution in [3.63, 3.8) is 0 Å². The van der Waals surface area contributed by atoms with Gasteiger partial charge in [0, 0.05) is 48.0 Å². The molecule has 0 aliphatic heterocycles. The first kappa shape index (κ1) is 22.0. The number of hydrogen-bond acceptors (Lipinski definition) is 5. The van der Waals surface area contributed by atoms with E-state index >= 15 is 0 Å². The zero-order chi connectivity index (χ0) is 22.7. The summed E-state index contributed by atoms with van der Waals surface area (Å²) in [5.74, 6) is 0.538. The summed E-state index contributed by atoms with van der Waals surface area (Å²) in [7, 11) is 1.76. The third-order valence-electron chi connectivity index (χ3n) is 5.39. The molecule has 0 atom stereocenters. The van der Waals surface area contributed by atoms with E-state index < -0.39 is 0 Å². The average molecular weight is 495 g/mol. The van der Waals surface area contributed by atoms with Crippen molar-refractivity contribution in [2.75, 3.05) is 7.05 Å². The van der Waals surface area contributed by atoms with E-state index in [9.17, 15) is 9.59 Å². The van der Waals surface area contributed by atoms with Gasteiger partial charge in [-0.25, -0.2) is 5.43 Å². The lowest BCUT2D eigenvalue weighted by Gasteiger charge is -2.16. The molecule has 0 spiro atoms. The molecule has 0 bridgehead atoms. The number of hydrogen-bond donors (Lipinski definition) is 1. The van der Waals surface area contributed by atoms with Crippen LogP contribution in [-0.4, -0.2) is 34.5 Å². The number of aromatic nitrogens is 1. The number of amides is 2. The van der Waals surface area contributed by atoms with E-state index in [0.29, 0.717) is 34.5 Å². The van der Waals surface area contributed by atoms with Crippen LogP contribution in [0.15, 0.2) is 62.8 Å². The highest BCUT2D eigenvalue weighted by Gasteiger charge is 2.29. The number of rotatable bonds is 5. The van der Waals surface area contributed by atoms with E-state index in [1.807, 2.05) is 37.3 Å². The summed E-state index contributed by atoms with van der Waals surface area (Å²) in [5.41, 5.74) is 6.35. The number of hydrazone groups is 1. The Morgan fingerprint density at radius 1 is 1.22 bits per heavy atom. The second kappa shape index (κ2) is 9.48. The highest BCUT2D eigenvalue weighted by molar-refractivity contribution is 9.10. The van der Waals surface area contributed by atoms with Gasteiger partial charge in [-0.1, -0.05) is 30.3 Å². The van der Waals surface area contributed by atoms with Gasteiger partial charge in [0.15, 0.2) is 5.76 Å². The number of carbonyl (C=O) groups is 2. The van der Waals surface area contributed by atoms with Crippen LogP contribution in [0.1, 0.15) is 56.2 Å². The van der Waals surface area contributed by atoms with Crippen LogP contribution in [0.5, 0.6) is 0 Å². The van der Waals surface area contributed by atoms with Crippen molar-refractivity contribution in [2.45, 2.75) is 32.7 Å². The predicted molar refractivity (Wildman–Crippen MR) is 125 cm³/mol. The lowest BCUT2D eigenvalue weighted by Crippen LogP contribution is -2.26. The number of halogens is 1. The van der Waals surface area contributed by atoms with E-state index in [0.717, 1.165) is 35.3 Å². The number of carbonyl (C=O) groups excluding carboxylic acids is 2. The number of pyridine rings is 1. The molecule has 1 aliphatic rings. The smallest absolute Gasteiger partial charge is 0.289 e. The molecule has 3 aromatic rings. The Bertz CT molecular complexity index is 1190. The monoisotopic (exact) mass is 494 g/mol. The van der Waals surface area contributed by atoms with Crippen LogP contribution < -0.4 is 5.43 Å². The van der Waals surface area contributed by atoms with Gasteiger partial charge in [-0.2, -0.15) is 5.10 Å².